The summed E-state index contributed by atoms with van der Waals surface area (Å²) >= 11 is 6.22. The van der Waals surface area contributed by atoms with Crippen molar-refractivity contribution in [2.45, 2.75) is 39.2 Å². The van der Waals surface area contributed by atoms with Gasteiger partial charge in [-0.05, 0) is 72.2 Å². The molecule has 2 aromatic rings. The molecule has 0 unspecified atom stereocenters. The summed E-state index contributed by atoms with van der Waals surface area (Å²) in [5, 5.41) is 4.22. The van der Waals surface area contributed by atoms with Gasteiger partial charge in [0.1, 0.15) is 0 Å². The summed E-state index contributed by atoms with van der Waals surface area (Å²) in [5.41, 5.74) is 6.92. The zero-order chi connectivity index (χ0) is 14.7. The lowest BCUT2D eigenvalue weighted by Crippen LogP contribution is -2.12. The fraction of sp³-hybridized carbons (Fsp3) is 0.368. The van der Waals surface area contributed by atoms with Crippen molar-refractivity contribution in [1.82, 2.24) is 5.32 Å². The van der Waals surface area contributed by atoms with Crippen molar-refractivity contribution in [3.63, 3.8) is 0 Å². The summed E-state index contributed by atoms with van der Waals surface area (Å²) in [4.78, 5) is 0. The van der Waals surface area contributed by atoms with E-state index in [1.165, 1.54) is 53.5 Å². The molecule has 0 saturated heterocycles. The minimum atomic E-state index is 0.808. The number of rotatable bonds is 4. The molecule has 0 fully saturated rings. The number of hydrogen-bond acceptors (Lipinski definition) is 1. The van der Waals surface area contributed by atoms with Crippen molar-refractivity contribution in [2.75, 3.05) is 6.54 Å². The van der Waals surface area contributed by atoms with Crippen LogP contribution >= 0.6 is 11.6 Å². The summed E-state index contributed by atoms with van der Waals surface area (Å²) < 4.78 is 0. The highest BCUT2D eigenvalue weighted by Crippen LogP contribution is 2.31. The summed E-state index contributed by atoms with van der Waals surface area (Å²) in [6.07, 6.45) is 5.09. The van der Waals surface area contributed by atoms with Gasteiger partial charge in [-0.1, -0.05) is 42.8 Å². The van der Waals surface area contributed by atoms with Crippen molar-refractivity contribution in [1.29, 1.82) is 0 Å². The van der Waals surface area contributed by atoms with E-state index in [4.69, 9.17) is 11.6 Å². The van der Waals surface area contributed by atoms with Crippen LogP contribution < -0.4 is 5.32 Å². The average Bonchev–Trinajstić information content (AvgIpc) is 2.53. The molecule has 1 aliphatic rings. The normalized spacial score (nSPS) is 14.0. The first-order valence-corrected chi connectivity index (χ1v) is 8.27. The highest BCUT2D eigenvalue weighted by molar-refractivity contribution is 6.30. The molecule has 2 aromatic carbocycles. The Morgan fingerprint density at radius 3 is 2.62 bits per heavy atom. The van der Waals surface area contributed by atoms with Crippen LogP contribution in [0.15, 0.2) is 36.4 Å². The van der Waals surface area contributed by atoms with Crippen LogP contribution in [-0.4, -0.2) is 6.54 Å². The van der Waals surface area contributed by atoms with Crippen molar-refractivity contribution in [3.05, 3.63) is 58.1 Å². The average molecular weight is 300 g/mol. The molecule has 21 heavy (non-hydrogen) atoms. The third kappa shape index (κ3) is 3.30. The molecule has 110 valence electrons. The summed E-state index contributed by atoms with van der Waals surface area (Å²) in [6.45, 7) is 4.00. The van der Waals surface area contributed by atoms with E-state index >= 15 is 0 Å². The highest BCUT2D eigenvalue weighted by Gasteiger charge is 2.12. The van der Waals surface area contributed by atoms with E-state index in [2.05, 4.69) is 42.6 Å². The van der Waals surface area contributed by atoms with Gasteiger partial charge in [-0.3, -0.25) is 0 Å². The lowest BCUT2D eigenvalue weighted by atomic mass is 9.88. The van der Waals surface area contributed by atoms with Gasteiger partial charge in [0.05, 0.1) is 0 Å². The van der Waals surface area contributed by atoms with Gasteiger partial charge in [0, 0.05) is 11.6 Å². The molecule has 0 heterocycles. The first-order valence-electron chi connectivity index (χ1n) is 7.89. The van der Waals surface area contributed by atoms with E-state index in [1.54, 1.807) is 0 Å². The molecule has 1 N–H and O–H groups in total. The van der Waals surface area contributed by atoms with E-state index in [0.29, 0.717) is 0 Å². The summed E-state index contributed by atoms with van der Waals surface area (Å²) in [7, 11) is 0. The Bertz CT molecular complexity index is 633. The van der Waals surface area contributed by atoms with Crippen molar-refractivity contribution in [3.8, 4) is 11.1 Å². The van der Waals surface area contributed by atoms with Gasteiger partial charge < -0.3 is 5.32 Å². The van der Waals surface area contributed by atoms with Gasteiger partial charge >= 0.3 is 0 Å². The lowest BCUT2D eigenvalue weighted by molar-refractivity contribution is 0.686. The molecule has 3 rings (SSSR count). The van der Waals surface area contributed by atoms with Crippen molar-refractivity contribution in [2.24, 2.45) is 0 Å². The fourth-order valence-electron chi connectivity index (χ4n) is 3.13. The highest BCUT2D eigenvalue weighted by atomic mass is 35.5. The third-order valence-corrected chi connectivity index (χ3v) is 4.53. The molecular weight excluding hydrogens is 278 g/mol. The Balaban J connectivity index is 2.00. The van der Waals surface area contributed by atoms with Crippen LogP contribution in [0.3, 0.4) is 0 Å². The first kappa shape index (κ1) is 14.6. The molecule has 1 aliphatic carbocycles. The second kappa shape index (κ2) is 6.64. The van der Waals surface area contributed by atoms with Gasteiger partial charge in [0.2, 0.25) is 0 Å². The van der Waals surface area contributed by atoms with Gasteiger partial charge in [-0.2, -0.15) is 0 Å². The largest absolute Gasteiger partial charge is 0.313 e. The van der Waals surface area contributed by atoms with Gasteiger partial charge in [-0.25, -0.2) is 0 Å². The van der Waals surface area contributed by atoms with Crippen LogP contribution in [0.4, 0.5) is 0 Å². The Kier molecular flexibility index (Phi) is 4.62. The summed E-state index contributed by atoms with van der Waals surface area (Å²) in [5.74, 6) is 0. The van der Waals surface area contributed by atoms with Crippen molar-refractivity contribution < 1.29 is 0 Å². The Hall–Kier alpha value is -1.31. The number of aryl methyl sites for hydroxylation is 2. The smallest absolute Gasteiger partial charge is 0.0412 e. The van der Waals surface area contributed by atoms with Gasteiger partial charge in [-0.15, -0.1) is 0 Å². The molecule has 0 aromatic heterocycles. The first-order chi connectivity index (χ1) is 10.3. The second-order valence-electron chi connectivity index (χ2n) is 5.77. The standard InChI is InChI=1S/C19H22ClN/c1-2-21-13-17-9-10-18(20)12-19(17)16-8-7-14-5-3-4-6-15(14)11-16/h7-12,21H,2-6,13H2,1H3. The maximum atomic E-state index is 6.22. The predicted octanol–water partition coefficient (Wildman–Crippen LogP) is 5.00. The molecular formula is C19H22ClN. The van der Waals surface area contributed by atoms with Gasteiger partial charge in [0.25, 0.3) is 0 Å². The van der Waals surface area contributed by atoms with E-state index in [9.17, 15) is 0 Å². The van der Waals surface area contributed by atoms with E-state index in [0.717, 1.165) is 18.1 Å². The minimum absolute atomic E-state index is 0.808. The quantitative estimate of drug-likeness (QED) is 0.838. The predicted molar refractivity (Wildman–Crippen MR) is 90.9 cm³/mol. The fourth-order valence-corrected chi connectivity index (χ4v) is 3.30. The van der Waals surface area contributed by atoms with Crippen LogP contribution in [0.5, 0.6) is 0 Å². The Morgan fingerprint density at radius 1 is 1.00 bits per heavy atom. The summed E-state index contributed by atoms with van der Waals surface area (Å²) in [6, 6.07) is 13.2. The molecule has 0 radical (unpaired) electrons. The third-order valence-electron chi connectivity index (χ3n) is 4.30. The zero-order valence-electron chi connectivity index (χ0n) is 12.6. The van der Waals surface area contributed by atoms with Crippen LogP contribution in [0.2, 0.25) is 5.02 Å². The van der Waals surface area contributed by atoms with Gasteiger partial charge in [0.15, 0.2) is 0 Å². The maximum absolute atomic E-state index is 6.22. The molecule has 0 spiro atoms. The molecule has 1 nitrogen and oxygen atoms in total. The Labute approximate surface area is 132 Å². The molecule has 0 amide bonds. The van der Waals surface area contributed by atoms with E-state index < -0.39 is 0 Å². The molecule has 0 atom stereocenters. The number of hydrogen-bond donors (Lipinski definition) is 1. The molecule has 0 aliphatic heterocycles. The van der Waals surface area contributed by atoms with E-state index in [1.807, 2.05) is 6.07 Å². The molecule has 0 saturated carbocycles. The zero-order valence-corrected chi connectivity index (χ0v) is 13.3. The number of halogens is 1. The Morgan fingerprint density at radius 2 is 1.81 bits per heavy atom. The van der Waals surface area contributed by atoms with Crippen LogP contribution in [0, 0.1) is 0 Å². The number of benzene rings is 2. The van der Waals surface area contributed by atoms with Crippen molar-refractivity contribution >= 4 is 11.6 Å². The second-order valence-corrected chi connectivity index (χ2v) is 6.21. The SMILES string of the molecule is CCNCc1ccc(Cl)cc1-c1ccc2c(c1)CCCC2. The van der Waals surface area contributed by atoms with E-state index in [-0.39, 0.29) is 0 Å². The monoisotopic (exact) mass is 299 g/mol. The minimum Gasteiger partial charge on any atom is -0.313 e. The molecule has 0 bridgehead atoms. The molecule has 2 heteroatoms. The van der Waals surface area contributed by atoms with Crippen LogP contribution in [0.1, 0.15) is 36.5 Å². The van der Waals surface area contributed by atoms with Crippen LogP contribution in [-0.2, 0) is 19.4 Å². The number of nitrogens with one attached hydrogen (secondary N) is 1. The van der Waals surface area contributed by atoms with Crippen LogP contribution in [0.25, 0.3) is 11.1 Å². The maximum Gasteiger partial charge on any atom is 0.0412 e. The topological polar surface area (TPSA) is 12.0 Å². The number of fused-ring (bicyclic) bond motifs is 1. The lowest BCUT2D eigenvalue weighted by Gasteiger charge is -2.18.